The lowest BCUT2D eigenvalue weighted by Crippen LogP contribution is -2.47. The number of hydrogen-bond donors (Lipinski definition) is 2. The third-order valence-electron chi connectivity index (χ3n) is 5.46. The van der Waals surface area contributed by atoms with Crippen molar-refractivity contribution >= 4 is 43.1 Å². The van der Waals surface area contributed by atoms with Crippen LogP contribution < -0.4 is 11.1 Å². The normalized spacial score (nSPS) is 24.7. The number of benzene rings is 1. The van der Waals surface area contributed by atoms with Gasteiger partial charge in [-0.15, -0.1) is 37.2 Å². The summed E-state index contributed by atoms with van der Waals surface area (Å²) in [5, 5.41) is 3.03. The zero-order valence-corrected chi connectivity index (χ0v) is 19.4. The summed E-state index contributed by atoms with van der Waals surface area (Å²) in [6.07, 6.45) is 2.34. The van der Waals surface area contributed by atoms with Crippen LogP contribution >= 0.6 is 37.2 Å². The molecule has 0 radical (unpaired) electrons. The van der Waals surface area contributed by atoms with E-state index in [0.29, 0.717) is 19.1 Å². The average molecular weight is 470 g/mol. The summed E-state index contributed by atoms with van der Waals surface area (Å²) >= 11 is 0. The Morgan fingerprint density at radius 2 is 1.90 bits per heavy atom. The van der Waals surface area contributed by atoms with E-state index in [1.165, 1.54) is 5.56 Å². The van der Waals surface area contributed by atoms with Gasteiger partial charge < -0.3 is 20.7 Å². The molecule has 3 N–H and O–H groups in total. The van der Waals surface area contributed by atoms with E-state index in [1.54, 1.807) is 0 Å². The Labute approximate surface area is 193 Å². The van der Waals surface area contributed by atoms with Gasteiger partial charge in [-0.1, -0.05) is 30.3 Å². The number of rotatable bonds is 7. The molecule has 168 valence electrons. The van der Waals surface area contributed by atoms with Gasteiger partial charge >= 0.3 is 0 Å². The Hall–Kier alpha value is -0.600. The van der Waals surface area contributed by atoms with Gasteiger partial charge in [0, 0.05) is 45.3 Å². The molecule has 1 amide bonds. The van der Waals surface area contributed by atoms with Crippen molar-refractivity contribution in [3.8, 4) is 0 Å². The number of amides is 1. The van der Waals surface area contributed by atoms with Gasteiger partial charge in [0.25, 0.3) is 0 Å². The van der Waals surface area contributed by atoms with Gasteiger partial charge in [-0.2, -0.15) is 0 Å². The van der Waals surface area contributed by atoms with E-state index in [4.69, 9.17) is 10.5 Å². The highest BCUT2D eigenvalue weighted by Gasteiger charge is 2.30. The third-order valence-corrected chi connectivity index (χ3v) is 5.46. The number of carbonyl (C=O) groups excluding carboxylic acids is 1. The van der Waals surface area contributed by atoms with Crippen molar-refractivity contribution in [2.24, 2.45) is 5.73 Å². The zero-order valence-electron chi connectivity index (χ0n) is 17.0. The molecule has 1 aromatic rings. The van der Waals surface area contributed by atoms with Crippen molar-refractivity contribution in [3.05, 3.63) is 35.9 Å². The van der Waals surface area contributed by atoms with Gasteiger partial charge in [-0.05, 0) is 31.9 Å². The molecule has 0 saturated carbocycles. The van der Waals surface area contributed by atoms with Crippen LogP contribution in [0.2, 0.25) is 0 Å². The summed E-state index contributed by atoms with van der Waals surface area (Å²) in [5.41, 5.74) is 6.98. The monoisotopic (exact) mass is 468 g/mol. The summed E-state index contributed by atoms with van der Waals surface area (Å²) < 4.78 is 5.65. The van der Waals surface area contributed by atoms with Crippen molar-refractivity contribution in [3.63, 3.8) is 0 Å². The standard InChI is InChI=1S/C20H32N4O2.3ClH/c1-23-12-13-24(18(15-23)16-6-3-2-4-7-16)11-5-10-22-20(25)19-9-8-17(14-21)26-19;;;/h2-4,6-7,17-19H,5,8-15,21H2,1H3,(H,22,25);3*1H/t17-,18?,19+;;;/m1.../s1. The van der Waals surface area contributed by atoms with E-state index in [0.717, 1.165) is 45.4 Å². The van der Waals surface area contributed by atoms with Crippen molar-refractivity contribution in [2.45, 2.75) is 37.5 Å². The molecule has 2 aliphatic heterocycles. The van der Waals surface area contributed by atoms with Gasteiger partial charge in [0.2, 0.25) is 5.91 Å². The first kappa shape index (κ1) is 28.4. The molecular weight excluding hydrogens is 435 g/mol. The Morgan fingerprint density at radius 3 is 2.55 bits per heavy atom. The summed E-state index contributed by atoms with van der Waals surface area (Å²) in [6, 6.07) is 11.1. The SMILES string of the molecule is CN1CCN(CCCNC(=O)[C@@H]2CC[C@H](CN)O2)C(c2ccccc2)C1.Cl.Cl.Cl. The van der Waals surface area contributed by atoms with Gasteiger partial charge in [0.05, 0.1) is 6.10 Å². The number of carbonyl (C=O) groups is 1. The van der Waals surface area contributed by atoms with Crippen molar-refractivity contribution in [1.29, 1.82) is 0 Å². The number of nitrogens with zero attached hydrogens (tertiary/aromatic N) is 2. The Balaban J connectivity index is 0.00000261. The molecule has 9 heteroatoms. The Kier molecular flexibility index (Phi) is 14.1. The highest BCUT2D eigenvalue weighted by Crippen LogP contribution is 2.24. The second-order valence-electron chi connectivity index (χ2n) is 7.43. The number of ether oxygens (including phenoxy) is 1. The molecule has 0 aliphatic carbocycles. The van der Waals surface area contributed by atoms with Crippen LogP contribution in [0.3, 0.4) is 0 Å². The minimum Gasteiger partial charge on any atom is -0.364 e. The Bertz CT molecular complexity index is 582. The third kappa shape index (κ3) is 8.21. The lowest BCUT2D eigenvalue weighted by atomic mass is 10.0. The van der Waals surface area contributed by atoms with Crippen LogP contribution in [0.15, 0.2) is 30.3 Å². The number of likely N-dealkylation sites (N-methyl/N-ethyl adjacent to an activating group) is 1. The lowest BCUT2D eigenvalue weighted by molar-refractivity contribution is -0.131. The predicted molar refractivity (Wildman–Crippen MR) is 125 cm³/mol. The molecule has 0 spiro atoms. The average Bonchev–Trinajstić information content (AvgIpc) is 3.16. The second-order valence-corrected chi connectivity index (χ2v) is 7.43. The van der Waals surface area contributed by atoms with Gasteiger partial charge in [0.1, 0.15) is 6.10 Å². The molecule has 2 saturated heterocycles. The fourth-order valence-corrected chi connectivity index (χ4v) is 3.90. The second kappa shape index (κ2) is 14.4. The van der Waals surface area contributed by atoms with Crippen LogP contribution in [-0.4, -0.2) is 74.2 Å². The minimum atomic E-state index is -0.316. The maximum Gasteiger partial charge on any atom is 0.249 e. The molecule has 3 rings (SSSR count). The van der Waals surface area contributed by atoms with Crippen LogP contribution in [-0.2, 0) is 9.53 Å². The first-order valence-electron chi connectivity index (χ1n) is 9.78. The number of halogens is 3. The van der Waals surface area contributed by atoms with E-state index in [2.05, 4.69) is 52.5 Å². The van der Waals surface area contributed by atoms with Gasteiger partial charge in [0.15, 0.2) is 0 Å². The highest BCUT2D eigenvalue weighted by molar-refractivity contribution is 5.86. The maximum atomic E-state index is 12.2. The maximum absolute atomic E-state index is 12.2. The van der Waals surface area contributed by atoms with E-state index < -0.39 is 0 Å². The number of hydrogen-bond acceptors (Lipinski definition) is 5. The summed E-state index contributed by atoms with van der Waals surface area (Å²) in [7, 11) is 2.18. The van der Waals surface area contributed by atoms with E-state index in [1.807, 2.05) is 0 Å². The molecule has 2 heterocycles. The quantitative estimate of drug-likeness (QED) is 0.599. The molecule has 2 aliphatic rings. The molecule has 0 bridgehead atoms. The fourth-order valence-electron chi connectivity index (χ4n) is 3.90. The number of nitrogens with two attached hydrogens (primary N) is 1. The topological polar surface area (TPSA) is 70.8 Å². The molecule has 29 heavy (non-hydrogen) atoms. The molecule has 3 atom stereocenters. The van der Waals surface area contributed by atoms with Gasteiger partial charge in [-0.25, -0.2) is 0 Å². The zero-order chi connectivity index (χ0) is 18.4. The van der Waals surface area contributed by atoms with Crippen molar-refractivity contribution in [2.75, 3.05) is 46.3 Å². The van der Waals surface area contributed by atoms with Crippen molar-refractivity contribution < 1.29 is 9.53 Å². The molecule has 2 fully saturated rings. The lowest BCUT2D eigenvalue weighted by Gasteiger charge is -2.40. The Morgan fingerprint density at radius 1 is 1.17 bits per heavy atom. The van der Waals surface area contributed by atoms with Crippen LogP contribution in [0.5, 0.6) is 0 Å². The number of piperazine rings is 1. The van der Waals surface area contributed by atoms with E-state index >= 15 is 0 Å². The van der Waals surface area contributed by atoms with E-state index in [9.17, 15) is 4.79 Å². The van der Waals surface area contributed by atoms with Crippen LogP contribution in [0.4, 0.5) is 0 Å². The molecule has 6 nitrogen and oxygen atoms in total. The molecule has 1 aromatic carbocycles. The largest absolute Gasteiger partial charge is 0.364 e. The molecular formula is C20H35Cl3N4O2. The van der Waals surface area contributed by atoms with Crippen LogP contribution in [0.25, 0.3) is 0 Å². The first-order chi connectivity index (χ1) is 12.7. The highest BCUT2D eigenvalue weighted by atomic mass is 35.5. The van der Waals surface area contributed by atoms with Gasteiger partial charge in [-0.3, -0.25) is 9.69 Å². The number of nitrogens with one attached hydrogen (secondary N) is 1. The summed E-state index contributed by atoms with van der Waals surface area (Å²) in [4.78, 5) is 17.1. The van der Waals surface area contributed by atoms with Crippen LogP contribution in [0.1, 0.15) is 30.9 Å². The predicted octanol–water partition coefficient (Wildman–Crippen LogP) is 2.25. The van der Waals surface area contributed by atoms with E-state index in [-0.39, 0.29) is 55.3 Å². The summed E-state index contributed by atoms with van der Waals surface area (Å²) in [6.45, 7) is 5.38. The first-order valence-corrected chi connectivity index (χ1v) is 9.78. The minimum absolute atomic E-state index is 0. The van der Waals surface area contributed by atoms with Crippen molar-refractivity contribution in [1.82, 2.24) is 15.1 Å². The molecule has 1 unspecified atom stereocenters. The van der Waals surface area contributed by atoms with Crippen LogP contribution in [0, 0.1) is 0 Å². The fraction of sp³-hybridized carbons (Fsp3) is 0.650. The molecule has 0 aromatic heterocycles. The summed E-state index contributed by atoms with van der Waals surface area (Å²) in [5.74, 6) is 0.0129. The smallest absolute Gasteiger partial charge is 0.249 e.